The lowest BCUT2D eigenvalue weighted by Crippen LogP contribution is -2.36. The van der Waals surface area contributed by atoms with E-state index in [2.05, 4.69) is 25.1 Å². The minimum atomic E-state index is 0.641. The van der Waals surface area contributed by atoms with Gasteiger partial charge in [-0.3, -0.25) is 10.1 Å². The summed E-state index contributed by atoms with van der Waals surface area (Å²) in [6.45, 7) is 4.75. The van der Waals surface area contributed by atoms with E-state index in [1.807, 2.05) is 19.1 Å². The Balaban J connectivity index is 1.76. The van der Waals surface area contributed by atoms with Crippen LogP contribution in [-0.4, -0.2) is 39.8 Å². The van der Waals surface area contributed by atoms with Crippen LogP contribution in [0.1, 0.15) is 18.4 Å². The number of hydrogen-bond acceptors (Lipinski definition) is 5. The SMILES string of the molecule is Cc1cccnc1-c1nc(N2CCC(CN)CC2)n[nH]1. The Labute approximate surface area is 118 Å². The number of aromatic nitrogens is 4. The lowest BCUT2D eigenvalue weighted by Gasteiger charge is -2.30. The third-order valence-electron chi connectivity index (χ3n) is 3.94. The molecule has 0 aromatic carbocycles. The molecule has 0 spiro atoms. The Kier molecular flexibility index (Phi) is 3.64. The van der Waals surface area contributed by atoms with E-state index in [4.69, 9.17) is 5.73 Å². The van der Waals surface area contributed by atoms with Gasteiger partial charge in [0.15, 0.2) is 5.82 Å². The van der Waals surface area contributed by atoms with E-state index in [1.54, 1.807) is 6.20 Å². The minimum absolute atomic E-state index is 0.641. The largest absolute Gasteiger partial charge is 0.340 e. The number of hydrogen-bond donors (Lipinski definition) is 2. The maximum atomic E-state index is 5.72. The first-order chi connectivity index (χ1) is 9.78. The molecule has 2 aromatic rings. The van der Waals surface area contributed by atoms with E-state index in [-0.39, 0.29) is 0 Å². The van der Waals surface area contributed by atoms with Gasteiger partial charge in [-0.1, -0.05) is 6.07 Å². The molecule has 3 heterocycles. The number of rotatable bonds is 3. The zero-order valence-corrected chi connectivity index (χ0v) is 11.7. The predicted octanol–water partition coefficient (Wildman–Crippen LogP) is 1.35. The fourth-order valence-electron chi connectivity index (χ4n) is 2.60. The van der Waals surface area contributed by atoms with Crippen molar-refractivity contribution in [2.45, 2.75) is 19.8 Å². The highest BCUT2D eigenvalue weighted by atomic mass is 15.4. The van der Waals surface area contributed by atoms with Crippen molar-refractivity contribution in [2.75, 3.05) is 24.5 Å². The Hall–Kier alpha value is -1.95. The van der Waals surface area contributed by atoms with Crippen LogP contribution in [0.15, 0.2) is 18.3 Å². The lowest BCUT2D eigenvalue weighted by molar-refractivity contribution is 0.411. The molecule has 6 heteroatoms. The summed E-state index contributed by atoms with van der Waals surface area (Å²) in [5, 5.41) is 7.32. The number of piperidine rings is 1. The topological polar surface area (TPSA) is 83.7 Å². The minimum Gasteiger partial charge on any atom is -0.340 e. The highest BCUT2D eigenvalue weighted by Gasteiger charge is 2.21. The Morgan fingerprint density at radius 1 is 1.40 bits per heavy atom. The summed E-state index contributed by atoms with van der Waals surface area (Å²) in [6, 6.07) is 3.95. The molecule has 0 unspecified atom stereocenters. The molecule has 0 bridgehead atoms. The monoisotopic (exact) mass is 272 g/mol. The van der Waals surface area contributed by atoms with Crippen LogP contribution in [0.5, 0.6) is 0 Å². The van der Waals surface area contributed by atoms with Crippen LogP contribution >= 0.6 is 0 Å². The van der Waals surface area contributed by atoms with Gasteiger partial charge in [-0.25, -0.2) is 0 Å². The first-order valence-corrected chi connectivity index (χ1v) is 7.07. The van der Waals surface area contributed by atoms with Gasteiger partial charge in [-0.2, -0.15) is 4.98 Å². The van der Waals surface area contributed by atoms with Crippen LogP contribution in [0.25, 0.3) is 11.5 Å². The van der Waals surface area contributed by atoms with Crippen LogP contribution in [0.3, 0.4) is 0 Å². The zero-order valence-electron chi connectivity index (χ0n) is 11.7. The summed E-state index contributed by atoms with van der Waals surface area (Å²) >= 11 is 0. The smallest absolute Gasteiger partial charge is 0.245 e. The van der Waals surface area contributed by atoms with Crippen LogP contribution in [-0.2, 0) is 0 Å². The second-order valence-corrected chi connectivity index (χ2v) is 5.32. The number of aromatic amines is 1. The number of nitrogens with two attached hydrogens (primary N) is 1. The quantitative estimate of drug-likeness (QED) is 0.881. The van der Waals surface area contributed by atoms with Gasteiger partial charge in [-0.15, -0.1) is 5.10 Å². The Bertz CT molecular complexity index is 571. The molecule has 3 rings (SSSR count). The Morgan fingerprint density at radius 3 is 2.90 bits per heavy atom. The number of anilines is 1. The van der Waals surface area contributed by atoms with Crippen molar-refractivity contribution >= 4 is 5.95 Å². The van der Waals surface area contributed by atoms with E-state index >= 15 is 0 Å². The number of nitrogens with one attached hydrogen (secondary N) is 1. The van der Waals surface area contributed by atoms with Crippen molar-refractivity contribution in [3.8, 4) is 11.5 Å². The third-order valence-corrected chi connectivity index (χ3v) is 3.94. The molecule has 106 valence electrons. The van der Waals surface area contributed by atoms with Crippen molar-refractivity contribution < 1.29 is 0 Å². The van der Waals surface area contributed by atoms with E-state index in [0.29, 0.717) is 5.92 Å². The number of pyridine rings is 1. The van der Waals surface area contributed by atoms with Gasteiger partial charge in [-0.05, 0) is 43.9 Å². The van der Waals surface area contributed by atoms with Crippen LogP contribution in [0.4, 0.5) is 5.95 Å². The first-order valence-electron chi connectivity index (χ1n) is 7.07. The molecule has 0 amide bonds. The summed E-state index contributed by atoms with van der Waals surface area (Å²) < 4.78 is 0. The highest BCUT2D eigenvalue weighted by molar-refractivity contribution is 5.55. The standard InChI is InChI=1S/C14H20N6/c1-10-3-2-6-16-12(10)13-17-14(19-18-13)20-7-4-11(9-15)5-8-20/h2-3,6,11H,4-5,7-9,15H2,1H3,(H,17,18,19). The first kappa shape index (κ1) is 13.1. The third kappa shape index (κ3) is 2.51. The van der Waals surface area contributed by atoms with Gasteiger partial charge >= 0.3 is 0 Å². The van der Waals surface area contributed by atoms with E-state index in [0.717, 1.165) is 55.5 Å². The van der Waals surface area contributed by atoms with Gasteiger partial charge < -0.3 is 10.6 Å². The van der Waals surface area contributed by atoms with Gasteiger partial charge in [0.05, 0.1) is 0 Å². The van der Waals surface area contributed by atoms with Gasteiger partial charge in [0.25, 0.3) is 0 Å². The van der Waals surface area contributed by atoms with E-state index < -0.39 is 0 Å². The van der Waals surface area contributed by atoms with Crippen molar-refractivity contribution in [3.05, 3.63) is 23.9 Å². The summed E-state index contributed by atoms with van der Waals surface area (Å²) in [6.07, 6.45) is 4.00. The molecular weight excluding hydrogens is 252 g/mol. The molecule has 1 saturated heterocycles. The van der Waals surface area contributed by atoms with E-state index in [1.165, 1.54) is 0 Å². The molecule has 20 heavy (non-hydrogen) atoms. The average molecular weight is 272 g/mol. The predicted molar refractivity (Wildman–Crippen MR) is 78.3 cm³/mol. The normalized spacial score (nSPS) is 16.6. The second kappa shape index (κ2) is 5.58. The summed E-state index contributed by atoms with van der Waals surface area (Å²) in [4.78, 5) is 11.2. The molecule has 0 aliphatic carbocycles. The molecule has 0 atom stereocenters. The molecule has 1 aliphatic rings. The summed E-state index contributed by atoms with van der Waals surface area (Å²) in [5.41, 5.74) is 7.68. The second-order valence-electron chi connectivity index (χ2n) is 5.32. The lowest BCUT2D eigenvalue weighted by atomic mass is 9.97. The van der Waals surface area contributed by atoms with Crippen LogP contribution in [0.2, 0.25) is 0 Å². The van der Waals surface area contributed by atoms with Gasteiger partial charge in [0.2, 0.25) is 5.95 Å². The van der Waals surface area contributed by atoms with Gasteiger partial charge in [0.1, 0.15) is 5.69 Å². The Morgan fingerprint density at radius 2 is 2.20 bits per heavy atom. The van der Waals surface area contributed by atoms with Crippen molar-refractivity contribution in [1.29, 1.82) is 0 Å². The molecule has 1 aliphatic heterocycles. The molecular formula is C14H20N6. The molecule has 6 nitrogen and oxygen atoms in total. The van der Waals surface area contributed by atoms with Crippen molar-refractivity contribution in [2.24, 2.45) is 11.7 Å². The summed E-state index contributed by atoms with van der Waals surface area (Å²) in [7, 11) is 0. The van der Waals surface area contributed by atoms with Crippen molar-refractivity contribution in [1.82, 2.24) is 20.2 Å². The zero-order chi connectivity index (χ0) is 13.9. The number of aryl methyl sites for hydroxylation is 1. The highest BCUT2D eigenvalue weighted by Crippen LogP contribution is 2.22. The number of H-pyrrole nitrogens is 1. The van der Waals surface area contributed by atoms with Crippen LogP contribution in [0, 0.1) is 12.8 Å². The number of nitrogens with zero attached hydrogens (tertiary/aromatic N) is 4. The fourth-order valence-corrected chi connectivity index (χ4v) is 2.60. The summed E-state index contributed by atoms with van der Waals surface area (Å²) in [5.74, 6) is 2.14. The molecule has 3 N–H and O–H groups in total. The maximum absolute atomic E-state index is 5.72. The van der Waals surface area contributed by atoms with Crippen LogP contribution < -0.4 is 10.6 Å². The maximum Gasteiger partial charge on any atom is 0.245 e. The van der Waals surface area contributed by atoms with Gasteiger partial charge in [0, 0.05) is 19.3 Å². The molecule has 0 radical (unpaired) electrons. The van der Waals surface area contributed by atoms with E-state index in [9.17, 15) is 0 Å². The average Bonchev–Trinajstić information content (AvgIpc) is 2.97. The fraction of sp³-hybridized carbons (Fsp3) is 0.500. The molecule has 1 fully saturated rings. The molecule has 2 aromatic heterocycles. The molecule has 0 saturated carbocycles. The van der Waals surface area contributed by atoms with Crippen molar-refractivity contribution in [3.63, 3.8) is 0 Å².